The maximum Gasteiger partial charge on any atom is 0.461 e. The topological polar surface area (TPSA) is 21.3 Å². The standard InChI is InChI=1S/C7H6ClF2NO/c8-7(9,10)12-11-6-4-2-1-3-5-6/h1-5,11H. The summed E-state index contributed by atoms with van der Waals surface area (Å²) >= 11 is 4.47. The van der Waals surface area contributed by atoms with Crippen LogP contribution in [-0.2, 0) is 4.84 Å². The lowest BCUT2D eigenvalue weighted by Crippen LogP contribution is -2.16. The number of hydrogen-bond donors (Lipinski definition) is 1. The van der Waals surface area contributed by atoms with Crippen molar-refractivity contribution in [1.82, 2.24) is 0 Å². The molecule has 0 aromatic heterocycles. The minimum Gasteiger partial charge on any atom is -0.260 e. The third-order valence-electron chi connectivity index (χ3n) is 1.06. The zero-order valence-electron chi connectivity index (χ0n) is 5.93. The van der Waals surface area contributed by atoms with Gasteiger partial charge in [0.15, 0.2) is 0 Å². The number of para-hydroxylation sites is 1. The van der Waals surface area contributed by atoms with Gasteiger partial charge in [-0.25, -0.2) is 0 Å². The highest BCUT2D eigenvalue weighted by Gasteiger charge is 2.26. The molecule has 1 N–H and O–H groups in total. The SMILES string of the molecule is FC(F)(Cl)ONc1ccccc1. The van der Waals surface area contributed by atoms with Crippen LogP contribution in [0, 0.1) is 0 Å². The number of nitrogens with one attached hydrogen (secondary N) is 1. The van der Waals surface area contributed by atoms with Gasteiger partial charge in [-0.1, -0.05) is 18.2 Å². The quantitative estimate of drug-likeness (QED) is 0.589. The molecule has 0 aliphatic rings. The highest BCUT2D eigenvalue weighted by molar-refractivity contribution is 6.20. The van der Waals surface area contributed by atoms with E-state index in [1.165, 1.54) is 0 Å². The van der Waals surface area contributed by atoms with E-state index in [0.717, 1.165) is 0 Å². The number of halogens is 3. The second-order valence-electron chi connectivity index (χ2n) is 2.02. The summed E-state index contributed by atoms with van der Waals surface area (Å²) in [5, 5.41) is 0. The van der Waals surface area contributed by atoms with Crippen molar-refractivity contribution < 1.29 is 13.6 Å². The van der Waals surface area contributed by atoms with Crippen molar-refractivity contribution in [3.05, 3.63) is 30.3 Å². The number of hydrogen-bond acceptors (Lipinski definition) is 2. The van der Waals surface area contributed by atoms with Crippen LogP contribution in [0.4, 0.5) is 14.5 Å². The molecular formula is C7H6ClF2NO. The number of anilines is 1. The summed E-state index contributed by atoms with van der Waals surface area (Å²) in [5.74, 6) is 0. The minimum atomic E-state index is -3.68. The van der Waals surface area contributed by atoms with Crippen LogP contribution in [0.1, 0.15) is 0 Å². The molecule has 1 aromatic rings. The van der Waals surface area contributed by atoms with Crippen molar-refractivity contribution in [2.75, 3.05) is 5.48 Å². The highest BCUT2D eigenvalue weighted by Crippen LogP contribution is 2.20. The molecule has 0 radical (unpaired) electrons. The van der Waals surface area contributed by atoms with E-state index in [9.17, 15) is 8.78 Å². The van der Waals surface area contributed by atoms with Crippen LogP contribution in [-0.4, -0.2) is 5.57 Å². The molecule has 0 atom stereocenters. The molecule has 0 spiro atoms. The van der Waals surface area contributed by atoms with Gasteiger partial charge < -0.3 is 0 Å². The third kappa shape index (κ3) is 3.50. The molecule has 0 aliphatic heterocycles. The van der Waals surface area contributed by atoms with E-state index in [-0.39, 0.29) is 0 Å². The fourth-order valence-electron chi connectivity index (χ4n) is 0.623. The van der Waals surface area contributed by atoms with Crippen molar-refractivity contribution in [3.8, 4) is 0 Å². The monoisotopic (exact) mass is 193 g/mol. The minimum absolute atomic E-state index is 0.415. The summed E-state index contributed by atoms with van der Waals surface area (Å²) in [5.41, 5.74) is -1.27. The molecule has 0 amide bonds. The van der Waals surface area contributed by atoms with Crippen molar-refractivity contribution in [2.45, 2.75) is 5.57 Å². The fourth-order valence-corrected chi connectivity index (χ4v) is 0.662. The van der Waals surface area contributed by atoms with Crippen molar-refractivity contribution in [2.24, 2.45) is 0 Å². The van der Waals surface area contributed by atoms with E-state index in [1.807, 2.05) is 5.48 Å². The van der Waals surface area contributed by atoms with Crippen LogP contribution >= 0.6 is 11.6 Å². The molecule has 0 fully saturated rings. The van der Waals surface area contributed by atoms with Crippen LogP contribution < -0.4 is 5.48 Å². The predicted octanol–water partition coefficient (Wildman–Crippen LogP) is 2.82. The first-order valence-electron chi connectivity index (χ1n) is 3.14. The van der Waals surface area contributed by atoms with Gasteiger partial charge in [0.25, 0.3) is 0 Å². The van der Waals surface area contributed by atoms with Gasteiger partial charge in [0, 0.05) is 0 Å². The van der Waals surface area contributed by atoms with Crippen LogP contribution in [0.25, 0.3) is 0 Å². The number of benzene rings is 1. The van der Waals surface area contributed by atoms with Gasteiger partial charge in [0.1, 0.15) is 0 Å². The Bertz CT molecular complexity index is 237. The van der Waals surface area contributed by atoms with E-state index in [2.05, 4.69) is 16.4 Å². The smallest absolute Gasteiger partial charge is 0.260 e. The Morgan fingerprint density at radius 2 is 1.83 bits per heavy atom. The fraction of sp³-hybridized carbons (Fsp3) is 0.143. The summed E-state index contributed by atoms with van der Waals surface area (Å²) in [6.07, 6.45) is 0. The van der Waals surface area contributed by atoms with Crippen LogP contribution in [0.2, 0.25) is 0 Å². The lowest BCUT2D eigenvalue weighted by Gasteiger charge is -2.09. The molecule has 0 saturated carbocycles. The molecule has 2 nitrogen and oxygen atoms in total. The molecule has 66 valence electrons. The molecule has 1 aromatic carbocycles. The van der Waals surface area contributed by atoms with Crippen molar-refractivity contribution in [1.29, 1.82) is 0 Å². The predicted molar refractivity (Wildman–Crippen MR) is 41.9 cm³/mol. The molecular weight excluding hydrogens is 188 g/mol. The maximum absolute atomic E-state index is 11.9. The van der Waals surface area contributed by atoms with E-state index >= 15 is 0 Å². The Balaban J connectivity index is 2.44. The second-order valence-corrected chi connectivity index (χ2v) is 2.46. The Morgan fingerprint density at radius 3 is 2.33 bits per heavy atom. The first-order valence-corrected chi connectivity index (χ1v) is 3.51. The third-order valence-corrected chi connectivity index (χ3v) is 1.14. The summed E-state index contributed by atoms with van der Waals surface area (Å²) in [6, 6.07) is 8.26. The van der Waals surface area contributed by atoms with Gasteiger partial charge in [-0.15, -0.1) is 0 Å². The van der Waals surface area contributed by atoms with Crippen LogP contribution in [0.3, 0.4) is 0 Å². The Labute approximate surface area is 73.0 Å². The second kappa shape index (κ2) is 3.69. The van der Waals surface area contributed by atoms with Gasteiger partial charge in [-0.3, -0.25) is 5.48 Å². The average molecular weight is 194 g/mol. The number of alkyl halides is 3. The van der Waals surface area contributed by atoms with E-state index < -0.39 is 5.57 Å². The summed E-state index contributed by atoms with van der Waals surface area (Å²) in [6.45, 7) is 0. The molecule has 1 rings (SSSR count). The zero-order chi connectivity index (χ0) is 9.03. The first kappa shape index (κ1) is 9.22. The summed E-state index contributed by atoms with van der Waals surface area (Å²) in [4.78, 5) is 3.80. The molecule has 0 bridgehead atoms. The maximum atomic E-state index is 11.9. The lowest BCUT2D eigenvalue weighted by atomic mass is 10.3. The largest absolute Gasteiger partial charge is 0.461 e. The van der Waals surface area contributed by atoms with Crippen molar-refractivity contribution in [3.63, 3.8) is 0 Å². The molecule has 0 aliphatic carbocycles. The van der Waals surface area contributed by atoms with Gasteiger partial charge in [-0.2, -0.15) is 13.6 Å². The first-order chi connectivity index (χ1) is 5.58. The highest BCUT2D eigenvalue weighted by atomic mass is 35.5. The van der Waals surface area contributed by atoms with Gasteiger partial charge >= 0.3 is 5.57 Å². The normalized spacial score (nSPS) is 11.2. The Hall–Kier alpha value is -0.870. The molecule has 0 heterocycles. The molecule has 0 saturated heterocycles. The summed E-state index contributed by atoms with van der Waals surface area (Å²) < 4.78 is 23.8. The molecule has 5 heteroatoms. The lowest BCUT2D eigenvalue weighted by molar-refractivity contribution is -0.149. The van der Waals surface area contributed by atoms with E-state index in [0.29, 0.717) is 5.69 Å². The van der Waals surface area contributed by atoms with Crippen LogP contribution in [0.5, 0.6) is 0 Å². The van der Waals surface area contributed by atoms with E-state index in [1.54, 1.807) is 30.3 Å². The zero-order valence-corrected chi connectivity index (χ0v) is 6.68. The van der Waals surface area contributed by atoms with E-state index in [4.69, 9.17) is 0 Å². The van der Waals surface area contributed by atoms with Gasteiger partial charge in [-0.05, 0) is 23.7 Å². The molecule has 0 unspecified atom stereocenters. The average Bonchev–Trinajstić information content (AvgIpc) is 2.02. The van der Waals surface area contributed by atoms with Crippen LogP contribution in [0.15, 0.2) is 30.3 Å². The number of rotatable bonds is 3. The van der Waals surface area contributed by atoms with Crippen molar-refractivity contribution >= 4 is 17.3 Å². The Morgan fingerprint density at radius 1 is 1.25 bits per heavy atom. The van der Waals surface area contributed by atoms with Gasteiger partial charge in [0.2, 0.25) is 0 Å². The Kier molecular flexibility index (Phi) is 2.83. The summed E-state index contributed by atoms with van der Waals surface area (Å²) in [7, 11) is 0. The van der Waals surface area contributed by atoms with Gasteiger partial charge in [0.05, 0.1) is 5.69 Å². The molecule has 12 heavy (non-hydrogen) atoms.